The molecule has 2 amide bonds. The quantitative estimate of drug-likeness (QED) is 0.896. The van der Waals surface area contributed by atoms with Gasteiger partial charge in [0.2, 0.25) is 0 Å². The summed E-state index contributed by atoms with van der Waals surface area (Å²) in [5.41, 5.74) is -0.842. The Morgan fingerprint density at radius 3 is 2.96 bits per heavy atom. The van der Waals surface area contributed by atoms with E-state index in [4.69, 9.17) is 4.74 Å². The van der Waals surface area contributed by atoms with E-state index in [2.05, 4.69) is 10.3 Å². The summed E-state index contributed by atoms with van der Waals surface area (Å²) in [7, 11) is 1.70. The third kappa shape index (κ3) is 4.45. The molecule has 1 saturated heterocycles. The maximum absolute atomic E-state index is 12.8. The van der Waals surface area contributed by atoms with Crippen LogP contribution in [0.5, 0.6) is 0 Å². The van der Waals surface area contributed by atoms with Gasteiger partial charge >= 0.3 is 12.2 Å². The van der Waals surface area contributed by atoms with Gasteiger partial charge in [0, 0.05) is 45.9 Å². The number of hydrogen-bond donors (Lipinski definition) is 1. The molecule has 1 N–H and O–H groups in total. The average molecular weight is 360 g/mol. The lowest BCUT2D eigenvalue weighted by Crippen LogP contribution is -2.43. The van der Waals surface area contributed by atoms with E-state index in [0.717, 1.165) is 32.1 Å². The Kier molecular flexibility index (Phi) is 5.21. The standard InChI is InChI=1S/C16H23F3N4O2/c1-22(15(24)20-7-12-3-2-6-25-12)8-11-4-5-14-21-13(16(17,18)19)10-23(14)9-11/h10-12H,2-9H2,1H3,(H,20,24). The number of nitrogens with one attached hydrogen (secondary N) is 1. The van der Waals surface area contributed by atoms with Gasteiger partial charge in [-0.15, -0.1) is 0 Å². The molecule has 25 heavy (non-hydrogen) atoms. The zero-order valence-corrected chi connectivity index (χ0v) is 14.2. The Balaban J connectivity index is 1.50. The number of urea groups is 1. The van der Waals surface area contributed by atoms with Crippen LogP contribution in [0.25, 0.3) is 0 Å². The van der Waals surface area contributed by atoms with Crippen LogP contribution >= 0.6 is 0 Å². The molecule has 1 aromatic heterocycles. The first-order valence-corrected chi connectivity index (χ1v) is 8.56. The number of alkyl halides is 3. The van der Waals surface area contributed by atoms with Crippen LogP contribution in [0.3, 0.4) is 0 Å². The van der Waals surface area contributed by atoms with E-state index in [1.54, 1.807) is 16.5 Å². The Morgan fingerprint density at radius 2 is 2.28 bits per heavy atom. The first-order valence-electron chi connectivity index (χ1n) is 8.56. The number of imidazole rings is 1. The van der Waals surface area contributed by atoms with Gasteiger partial charge in [-0.1, -0.05) is 0 Å². The molecule has 0 radical (unpaired) electrons. The summed E-state index contributed by atoms with van der Waals surface area (Å²) in [6.07, 6.45) is -0.0774. The Bertz CT molecular complexity index is 611. The molecule has 9 heteroatoms. The summed E-state index contributed by atoms with van der Waals surface area (Å²) in [6, 6.07) is -0.178. The first-order chi connectivity index (χ1) is 11.8. The van der Waals surface area contributed by atoms with E-state index in [9.17, 15) is 18.0 Å². The molecule has 1 fully saturated rings. The fourth-order valence-electron chi connectivity index (χ4n) is 3.41. The highest BCUT2D eigenvalue weighted by atomic mass is 19.4. The number of fused-ring (bicyclic) bond motifs is 1. The molecule has 140 valence electrons. The van der Waals surface area contributed by atoms with E-state index in [0.29, 0.717) is 31.9 Å². The monoisotopic (exact) mass is 360 g/mol. The van der Waals surface area contributed by atoms with E-state index in [-0.39, 0.29) is 18.1 Å². The van der Waals surface area contributed by atoms with E-state index in [1.807, 2.05) is 0 Å². The summed E-state index contributed by atoms with van der Waals surface area (Å²) >= 11 is 0. The van der Waals surface area contributed by atoms with Crippen molar-refractivity contribution in [3.05, 3.63) is 17.7 Å². The number of aryl methyl sites for hydroxylation is 1. The van der Waals surface area contributed by atoms with Crippen LogP contribution < -0.4 is 5.32 Å². The van der Waals surface area contributed by atoms with Crippen molar-refractivity contribution in [3.8, 4) is 0 Å². The molecular formula is C16H23F3N4O2. The Labute approximate surface area is 144 Å². The van der Waals surface area contributed by atoms with Gasteiger partial charge in [0.05, 0.1) is 6.10 Å². The lowest BCUT2D eigenvalue weighted by Gasteiger charge is -2.28. The van der Waals surface area contributed by atoms with Crippen molar-refractivity contribution in [2.24, 2.45) is 5.92 Å². The van der Waals surface area contributed by atoms with Crippen molar-refractivity contribution >= 4 is 6.03 Å². The summed E-state index contributed by atoms with van der Waals surface area (Å²) in [5.74, 6) is 0.579. The second-order valence-electron chi connectivity index (χ2n) is 6.80. The maximum Gasteiger partial charge on any atom is 0.434 e. The smallest absolute Gasteiger partial charge is 0.376 e. The molecule has 0 aliphatic carbocycles. The fourth-order valence-corrected chi connectivity index (χ4v) is 3.41. The number of nitrogens with zero attached hydrogens (tertiary/aromatic N) is 3. The minimum atomic E-state index is -4.42. The van der Waals surface area contributed by atoms with Gasteiger partial charge in [-0.3, -0.25) is 0 Å². The van der Waals surface area contributed by atoms with Gasteiger partial charge in [-0.25, -0.2) is 9.78 Å². The zero-order chi connectivity index (χ0) is 18.0. The molecule has 2 atom stereocenters. The molecule has 2 aliphatic rings. The molecule has 3 rings (SSSR count). The number of rotatable bonds is 4. The second kappa shape index (κ2) is 7.23. The molecule has 0 spiro atoms. The summed E-state index contributed by atoms with van der Waals surface area (Å²) < 4.78 is 45.3. The number of halogens is 3. The highest BCUT2D eigenvalue weighted by Gasteiger charge is 2.36. The number of amides is 2. The Morgan fingerprint density at radius 1 is 1.48 bits per heavy atom. The van der Waals surface area contributed by atoms with Crippen molar-refractivity contribution in [2.75, 3.05) is 26.7 Å². The highest BCUT2D eigenvalue weighted by molar-refractivity contribution is 5.73. The summed E-state index contributed by atoms with van der Waals surface area (Å²) in [5, 5.41) is 2.85. The van der Waals surface area contributed by atoms with Crippen LogP contribution in [0.15, 0.2) is 6.20 Å². The number of hydrogen-bond acceptors (Lipinski definition) is 3. The van der Waals surface area contributed by atoms with E-state index < -0.39 is 11.9 Å². The van der Waals surface area contributed by atoms with E-state index >= 15 is 0 Å². The van der Waals surface area contributed by atoms with Crippen LogP contribution in [0, 0.1) is 5.92 Å². The van der Waals surface area contributed by atoms with Crippen molar-refractivity contribution < 1.29 is 22.7 Å². The number of ether oxygens (including phenoxy) is 1. The SMILES string of the molecule is CN(CC1CCc2nc(C(F)(F)F)cn2C1)C(=O)NCC1CCCO1. The van der Waals surface area contributed by atoms with Crippen molar-refractivity contribution in [2.45, 2.75) is 44.5 Å². The minimum absolute atomic E-state index is 0.0846. The fraction of sp³-hybridized carbons (Fsp3) is 0.750. The molecule has 0 aromatic carbocycles. The molecular weight excluding hydrogens is 337 g/mol. The van der Waals surface area contributed by atoms with Gasteiger partial charge in [0.25, 0.3) is 0 Å². The highest BCUT2D eigenvalue weighted by Crippen LogP contribution is 2.30. The van der Waals surface area contributed by atoms with Crippen molar-refractivity contribution in [1.82, 2.24) is 19.8 Å². The van der Waals surface area contributed by atoms with Crippen LogP contribution in [0.2, 0.25) is 0 Å². The molecule has 1 aromatic rings. The predicted octanol–water partition coefficient (Wildman–Crippen LogP) is 2.28. The van der Waals surface area contributed by atoms with Crippen molar-refractivity contribution in [1.29, 1.82) is 0 Å². The molecule has 2 unspecified atom stereocenters. The average Bonchev–Trinajstić information content (AvgIpc) is 3.20. The summed E-state index contributed by atoms with van der Waals surface area (Å²) in [4.78, 5) is 17.4. The zero-order valence-electron chi connectivity index (χ0n) is 14.2. The van der Waals surface area contributed by atoms with E-state index in [1.165, 1.54) is 0 Å². The first kappa shape index (κ1) is 18.0. The van der Waals surface area contributed by atoms with Gasteiger partial charge in [-0.2, -0.15) is 13.2 Å². The topological polar surface area (TPSA) is 59.4 Å². The third-order valence-corrected chi connectivity index (χ3v) is 4.76. The van der Waals surface area contributed by atoms with Crippen LogP contribution in [0.4, 0.5) is 18.0 Å². The molecule has 0 saturated carbocycles. The maximum atomic E-state index is 12.8. The summed E-state index contributed by atoms with van der Waals surface area (Å²) in [6.45, 7) is 2.18. The molecule has 6 nitrogen and oxygen atoms in total. The van der Waals surface area contributed by atoms with Gasteiger partial charge < -0.3 is 19.5 Å². The molecule has 2 aliphatic heterocycles. The van der Waals surface area contributed by atoms with Gasteiger partial charge in [0.15, 0.2) is 5.69 Å². The number of aromatic nitrogens is 2. The van der Waals surface area contributed by atoms with Gasteiger partial charge in [0.1, 0.15) is 5.82 Å². The number of carbonyl (C=O) groups is 1. The Hall–Kier alpha value is -1.77. The molecule has 3 heterocycles. The van der Waals surface area contributed by atoms with Crippen LogP contribution in [-0.4, -0.2) is 53.3 Å². The minimum Gasteiger partial charge on any atom is -0.376 e. The largest absolute Gasteiger partial charge is 0.434 e. The lowest BCUT2D eigenvalue weighted by molar-refractivity contribution is -0.141. The lowest BCUT2D eigenvalue weighted by atomic mass is 9.99. The molecule has 0 bridgehead atoms. The normalized spacial score (nSPS) is 23.4. The van der Waals surface area contributed by atoms with Crippen LogP contribution in [-0.2, 0) is 23.9 Å². The second-order valence-corrected chi connectivity index (χ2v) is 6.80. The predicted molar refractivity (Wildman–Crippen MR) is 84.0 cm³/mol. The third-order valence-electron chi connectivity index (χ3n) is 4.76. The van der Waals surface area contributed by atoms with Crippen LogP contribution in [0.1, 0.15) is 30.8 Å². The number of carbonyl (C=O) groups excluding carboxylic acids is 1. The van der Waals surface area contributed by atoms with Gasteiger partial charge in [-0.05, 0) is 25.2 Å². The van der Waals surface area contributed by atoms with Crippen molar-refractivity contribution in [3.63, 3.8) is 0 Å².